The van der Waals surface area contributed by atoms with Crippen molar-refractivity contribution in [3.63, 3.8) is 0 Å². The van der Waals surface area contributed by atoms with E-state index in [1.54, 1.807) is 0 Å². The molecule has 2 aromatic rings. The Labute approximate surface area is 131 Å². The number of ether oxygens (including phenoxy) is 1. The number of nitrogens with two attached hydrogens (primary N) is 1. The van der Waals surface area contributed by atoms with E-state index in [1.807, 2.05) is 43.3 Å². The largest absolute Gasteiger partial charge is 0.379 e. The fourth-order valence-electron chi connectivity index (χ4n) is 2.49. The van der Waals surface area contributed by atoms with Gasteiger partial charge in [-0.25, -0.2) is 0 Å². The van der Waals surface area contributed by atoms with Gasteiger partial charge in [-0.3, -0.25) is 4.79 Å². The van der Waals surface area contributed by atoms with Crippen molar-refractivity contribution in [2.75, 3.05) is 18.5 Å². The van der Waals surface area contributed by atoms with E-state index in [0.717, 1.165) is 20.9 Å². The summed E-state index contributed by atoms with van der Waals surface area (Å²) in [6.45, 7) is 2.63. The van der Waals surface area contributed by atoms with Gasteiger partial charge in [0.1, 0.15) is 0 Å². The van der Waals surface area contributed by atoms with Gasteiger partial charge < -0.3 is 15.8 Å². The van der Waals surface area contributed by atoms with Gasteiger partial charge in [0.05, 0.1) is 18.6 Å². The standard InChI is InChI=1S/C16H17BrN2O2/c1-16(9-21-8-14(16)18)15(20)19-13-5-3-10-6-12(17)4-2-11(10)7-13/h2-7,14H,8-9,18H2,1H3,(H,19,20). The zero-order chi connectivity index (χ0) is 15.0. The first-order chi connectivity index (χ1) is 9.99. The predicted octanol–water partition coefficient (Wildman–Crippen LogP) is 2.90. The van der Waals surface area contributed by atoms with Crippen molar-refractivity contribution in [2.24, 2.45) is 11.1 Å². The van der Waals surface area contributed by atoms with E-state index in [1.165, 1.54) is 0 Å². The monoisotopic (exact) mass is 348 g/mol. The number of halogens is 1. The summed E-state index contributed by atoms with van der Waals surface area (Å²) in [7, 11) is 0. The molecule has 110 valence electrons. The molecule has 1 fully saturated rings. The Morgan fingerprint density at radius 1 is 1.33 bits per heavy atom. The van der Waals surface area contributed by atoms with Gasteiger partial charge in [0, 0.05) is 16.2 Å². The first kappa shape index (κ1) is 14.5. The van der Waals surface area contributed by atoms with Gasteiger partial charge in [-0.2, -0.15) is 0 Å². The number of rotatable bonds is 2. The molecule has 0 aliphatic carbocycles. The van der Waals surface area contributed by atoms with Gasteiger partial charge in [0.2, 0.25) is 5.91 Å². The lowest BCUT2D eigenvalue weighted by atomic mass is 9.85. The number of amides is 1. The van der Waals surface area contributed by atoms with Crippen molar-refractivity contribution < 1.29 is 9.53 Å². The van der Waals surface area contributed by atoms with Crippen LogP contribution in [0.15, 0.2) is 40.9 Å². The molecule has 2 unspecified atom stereocenters. The molecule has 21 heavy (non-hydrogen) atoms. The Balaban J connectivity index is 1.85. The van der Waals surface area contributed by atoms with Crippen LogP contribution in [0.25, 0.3) is 10.8 Å². The zero-order valence-corrected chi connectivity index (χ0v) is 13.3. The molecule has 4 nitrogen and oxygen atoms in total. The predicted molar refractivity (Wildman–Crippen MR) is 87.2 cm³/mol. The summed E-state index contributed by atoms with van der Waals surface area (Å²) in [4.78, 5) is 12.5. The average Bonchev–Trinajstić information content (AvgIpc) is 2.80. The third-order valence-electron chi connectivity index (χ3n) is 4.10. The minimum absolute atomic E-state index is 0.0936. The molecular formula is C16H17BrN2O2. The number of nitrogens with one attached hydrogen (secondary N) is 1. The van der Waals surface area contributed by atoms with Crippen molar-refractivity contribution >= 4 is 38.3 Å². The minimum atomic E-state index is -0.672. The van der Waals surface area contributed by atoms with Crippen molar-refractivity contribution in [3.8, 4) is 0 Å². The second-order valence-electron chi connectivity index (χ2n) is 5.70. The first-order valence-corrected chi connectivity index (χ1v) is 7.62. The number of fused-ring (bicyclic) bond motifs is 1. The summed E-state index contributed by atoms with van der Waals surface area (Å²) in [6.07, 6.45) is 0. The summed E-state index contributed by atoms with van der Waals surface area (Å²) in [6, 6.07) is 11.6. The SMILES string of the molecule is CC1(C(=O)Nc2ccc3cc(Br)ccc3c2)COCC1N. The number of carbonyl (C=O) groups excluding carboxylic acids is 1. The maximum atomic E-state index is 12.5. The van der Waals surface area contributed by atoms with Crippen LogP contribution < -0.4 is 11.1 Å². The first-order valence-electron chi connectivity index (χ1n) is 6.83. The van der Waals surface area contributed by atoms with Gasteiger partial charge in [0.25, 0.3) is 0 Å². The number of hydrogen-bond donors (Lipinski definition) is 2. The van der Waals surface area contributed by atoms with Gasteiger partial charge in [0.15, 0.2) is 0 Å². The normalized spacial score (nSPS) is 25.2. The molecule has 1 amide bonds. The second kappa shape index (κ2) is 5.40. The van der Waals surface area contributed by atoms with Crippen molar-refractivity contribution in [1.29, 1.82) is 0 Å². The Hall–Kier alpha value is -1.43. The summed E-state index contributed by atoms with van der Waals surface area (Å²) in [5, 5.41) is 5.15. The maximum absolute atomic E-state index is 12.5. The molecule has 1 aliphatic heterocycles. The van der Waals surface area contributed by atoms with E-state index in [4.69, 9.17) is 10.5 Å². The Bertz CT molecular complexity index is 704. The molecule has 1 aliphatic rings. The van der Waals surface area contributed by atoms with E-state index in [9.17, 15) is 4.79 Å². The van der Waals surface area contributed by atoms with Crippen molar-refractivity contribution in [1.82, 2.24) is 0 Å². The fraction of sp³-hybridized carbons (Fsp3) is 0.312. The molecule has 1 saturated heterocycles. The highest BCUT2D eigenvalue weighted by molar-refractivity contribution is 9.10. The van der Waals surface area contributed by atoms with Crippen LogP contribution in [0.1, 0.15) is 6.92 Å². The van der Waals surface area contributed by atoms with Gasteiger partial charge in [-0.05, 0) is 42.0 Å². The summed E-state index contributed by atoms with van der Waals surface area (Å²) >= 11 is 3.45. The number of anilines is 1. The van der Waals surface area contributed by atoms with Gasteiger partial charge in [-0.15, -0.1) is 0 Å². The number of benzene rings is 2. The molecule has 0 saturated carbocycles. The minimum Gasteiger partial charge on any atom is -0.379 e. The summed E-state index contributed by atoms with van der Waals surface area (Å²) < 4.78 is 6.36. The lowest BCUT2D eigenvalue weighted by Gasteiger charge is -2.25. The maximum Gasteiger partial charge on any atom is 0.234 e. The quantitative estimate of drug-likeness (QED) is 0.876. The van der Waals surface area contributed by atoms with Crippen LogP contribution >= 0.6 is 15.9 Å². The van der Waals surface area contributed by atoms with E-state index in [-0.39, 0.29) is 11.9 Å². The molecule has 2 aromatic carbocycles. The van der Waals surface area contributed by atoms with Gasteiger partial charge in [-0.1, -0.05) is 28.1 Å². The van der Waals surface area contributed by atoms with Crippen LogP contribution in [0.2, 0.25) is 0 Å². The molecule has 0 bridgehead atoms. The Kier molecular flexibility index (Phi) is 3.73. The third kappa shape index (κ3) is 2.69. The van der Waals surface area contributed by atoms with Crippen molar-refractivity contribution in [2.45, 2.75) is 13.0 Å². The Morgan fingerprint density at radius 3 is 2.76 bits per heavy atom. The van der Waals surface area contributed by atoms with Crippen LogP contribution in [-0.4, -0.2) is 25.2 Å². The highest BCUT2D eigenvalue weighted by atomic mass is 79.9. The Morgan fingerprint density at radius 2 is 2.05 bits per heavy atom. The summed E-state index contributed by atoms with van der Waals surface area (Å²) in [5.74, 6) is -0.0936. The van der Waals surface area contributed by atoms with E-state index >= 15 is 0 Å². The van der Waals surface area contributed by atoms with Crippen LogP contribution in [0.5, 0.6) is 0 Å². The molecule has 3 N–H and O–H groups in total. The topological polar surface area (TPSA) is 64.3 Å². The van der Waals surface area contributed by atoms with Crippen LogP contribution in [0, 0.1) is 5.41 Å². The van der Waals surface area contributed by atoms with Crippen LogP contribution in [0.4, 0.5) is 5.69 Å². The number of carbonyl (C=O) groups is 1. The molecular weight excluding hydrogens is 332 g/mol. The zero-order valence-electron chi connectivity index (χ0n) is 11.7. The van der Waals surface area contributed by atoms with E-state index in [2.05, 4.69) is 21.2 Å². The average molecular weight is 349 g/mol. The van der Waals surface area contributed by atoms with Gasteiger partial charge >= 0.3 is 0 Å². The second-order valence-corrected chi connectivity index (χ2v) is 6.62. The number of hydrogen-bond acceptors (Lipinski definition) is 3. The lowest BCUT2D eigenvalue weighted by molar-refractivity contribution is -0.125. The smallest absolute Gasteiger partial charge is 0.234 e. The summed E-state index contributed by atoms with van der Waals surface area (Å²) in [5.41, 5.74) is 6.09. The molecule has 0 aromatic heterocycles. The third-order valence-corrected chi connectivity index (χ3v) is 4.59. The van der Waals surface area contributed by atoms with E-state index in [0.29, 0.717) is 13.2 Å². The van der Waals surface area contributed by atoms with E-state index < -0.39 is 5.41 Å². The highest BCUT2D eigenvalue weighted by Crippen LogP contribution is 2.29. The molecule has 2 atom stereocenters. The van der Waals surface area contributed by atoms with Crippen LogP contribution in [-0.2, 0) is 9.53 Å². The fourth-order valence-corrected chi connectivity index (χ4v) is 2.87. The molecule has 3 rings (SSSR count). The molecule has 0 radical (unpaired) electrons. The highest BCUT2D eigenvalue weighted by Gasteiger charge is 2.44. The lowest BCUT2D eigenvalue weighted by Crippen LogP contribution is -2.47. The molecule has 5 heteroatoms. The molecule has 0 spiro atoms. The molecule has 1 heterocycles. The van der Waals surface area contributed by atoms with Crippen molar-refractivity contribution in [3.05, 3.63) is 40.9 Å². The van der Waals surface area contributed by atoms with Crippen LogP contribution in [0.3, 0.4) is 0 Å².